The molecule has 0 heterocycles. The van der Waals surface area contributed by atoms with E-state index < -0.39 is 6.10 Å². The lowest BCUT2D eigenvalue weighted by molar-refractivity contribution is 0.220. The van der Waals surface area contributed by atoms with E-state index in [0.29, 0.717) is 15.6 Å². The Bertz CT molecular complexity index is 549. The monoisotopic (exact) mass is 294 g/mol. The quantitative estimate of drug-likeness (QED) is 0.839. The second-order valence-corrected chi connectivity index (χ2v) is 5.32. The first kappa shape index (κ1) is 14.4. The smallest absolute Gasteiger partial charge is 0.106 e. The second-order valence-electron chi connectivity index (χ2n) is 4.54. The van der Waals surface area contributed by atoms with Gasteiger partial charge in [0.15, 0.2) is 0 Å². The largest absolute Gasteiger partial charge is 0.384 e. The van der Waals surface area contributed by atoms with E-state index >= 15 is 0 Å². The van der Waals surface area contributed by atoms with Crippen LogP contribution in [0, 0.1) is 0 Å². The van der Waals surface area contributed by atoms with Crippen LogP contribution < -0.4 is 0 Å². The Morgan fingerprint density at radius 3 is 2.37 bits per heavy atom. The average molecular weight is 295 g/mol. The lowest BCUT2D eigenvalue weighted by atomic mass is 9.99. The highest BCUT2D eigenvalue weighted by atomic mass is 35.5. The van der Waals surface area contributed by atoms with Crippen molar-refractivity contribution in [3.8, 4) is 0 Å². The van der Waals surface area contributed by atoms with Gasteiger partial charge in [-0.1, -0.05) is 72.9 Å². The van der Waals surface area contributed by atoms with Gasteiger partial charge in [-0.05, 0) is 23.6 Å². The number of aryl methyl sites for hydroxylation is 1. The minimum atomic E-state index is -0.748. The summed E-state index contributed by atoms with van der Waals surface area (Å²) in [6.45, 7) is 2.15. The van der Waals surface area contributed by atoms with Crippen molar-refractivity contribution in [3.05, 3.63) is 69.2 Å². The summed E-state index contributed by atoms with van der Waals surface area (Å²) < 4.78 is 0. The molecule has 0 saturated carbocycles. The molecule has 0 bridgehead atoms. The van der Waals surface area contributed by atoms with Gasteiger partial charge in [0.05, 0.1) is 10.0 Å². The van der Waals surface area contributed by atoms with Crippen LogP contribution in [0.4, 0.5) is 0 Å². The zero-order chi connectivity index (χ0) is 13.8. The lowest BCUT2D eigenvalue weighted by Gasteiger charge is -2.14. The van der Waals surface area contributed by atoms with Crippen LogP contribution in [-0.2, 0) is 6.42 Å². The molecule has 0 fully saturated rings. The standard InChI is InChI=1S/C16H16Cl2O/c1-2-4-11-7-9-12(10-8-11)16(19)13-5-3-6-14(17)15(13)18/h3,5-10,16,19H,2,4H2,1H3. The maximum Gasteiger partial charge on any atom is 0.106 e. The molecule has 0 aliphatic carbocycles. The molecule has 0 saturated heterocycles. The molecule has 0 aromatic heterocycles. The fourth-order valence-corrected chi connectivity index (χ4v) is 2.48. The molecule has 1 unspecified atom stereocenters. The Balaban J connectivity index is 2.28. The van der Waals surface area contributed by atoms with Gasteiger partial charge in [-0.3, -0.25) is 0 Å². The number of aliphatic hydroxyl groups is 1. The zero-order valence-electron chi connectivity index (χ0n) is 10.7. The third-order valence-corrected chi connectivity index (χ3v) is 3.94. The van der Waals surface area contributed by atoms with Gasteiger partial charge in [0.2, 0.25) is 0 Å². The number of halogens is 2. The van der Waals surface area contributed by atoms with Crippen molar-refractivity contribution < 1.29 is 5.11 Å². The molecule has 0 spiro atoms. The molecular formula is C16H16Cl2O. The van der Waals surface area contributed by atoms with E-state index in [1.807, 2.05) is 24.3 Å². The summed E-state index contributed by atoms with van der Waals surface area (Å²) in [7, 11) is 0. The van der Waals surface area contributed by atoms with Crippen LogP contribution in [0.15, 0.2) is 42.5 Å². The van der Waals surface area contributed by atoms with E-state index in [2.05, 4.69) is 6.92 Å². The molecule has 2 rings (SSSR count). The molecule has 1 nitrogen and oxygen atoms in total. The Morgan fingerprint density at radius 1 is 1.05 bits per heavy atom. The van der Waals surface area contributed by atoms with E-state index in [1.54, 1.807) is 18.2 Å². The molecule has 3 heteroatoms. The van der Waals surface area contributed by atoms with Gasteiger partial charge in [0, 0.05) is 5.56 Å². The van der Waals surface area contributed by atoms with Crippen LogP contribution in [0.3, 0.4) is 0 Å². The first-order chi connectivity index (χ1) is 9.13. The molecule has 0 aliphatic heterocycles. The molecule has 100 valence electrons. The molecule has 0 aliphatic rings. The van der Waals surface area contributed by atoms with E-state index in [9.17, 15) is 5.11 Å². The third kappa shape index (κ3) is 3.30. The third-order valence-electron chi connectivity index (χ3n) is 3.11. The molecule has 1 atom stereocenters. The van der Waals surface area contributed by atoms with Crippen LogP contribution in [-0.4, -0.2) is 5.11 Å². The van der Waals surface area contributed by atoms with Crippen LogP contribution in [0.2, 0.25) is 10.0 Å². The molecule has 0 amide bonds. The lowest BCUT2D eigenvalue weighted by Crippen LogP contribution is -2.01. The summed E-state index contributed by atoms with van der Waals surface area (Å²) in [4.78, 5) is 0. The van der Waals surface area contributed by atoms with E-state index in [-0.39, 0.29) is 0 Å². The van der Waals surface area contributed by atoms with Crippen LogP contribution in [0.1, 0.15) is 36.1 Å². The van der Waals surface area contributed by atoms with E-state index in [0.717, 1.165) is 18.4 Å². The van der Waals surface area contributed by atoms with Gasteiger partial charge in [0.1, 0.15) is 6.10 Å². The normalized spacial score (nSPS) is 12.4. The summed E-state index contributed by atoms with van der Waals surface area (Å²) in [5.74, 6) is 0. The van der Waals surface area contributed by atoms with E-state index in [4.69, 9.17) is 23.2 Å². The van der Waals surface area contributed by atoms with Gasteiger partial charge in [-0.15, -0.1) is 0 Å². The Kier molecular flexibility index (Phi) is 4.87. The molecule has 19 heavy (non-hydrogen) atoms. The summed E-state index contributed by atoms with van der Waals surface area (Å²) in [6.07, 6.45) is 1.41. The minimum absolute atomic E-state index is 0.411. The number of benzene rings is 2. The highest BCUT2D eigenvalue weighted by Crippen LogP contribution is 2.33. The van der Waals surface area contributed by atoms with Gasteiger partial charge < -0.3 is 5.11 Å². The van der Waals surface area contributed by atoms with Crippen molar-refractivity contribution in [2.24, 2.45) is 0 Å². The molecule has 1 N–H and O–H groups in total. The Morgan fingerprint density at radius 2 is 1.74 bits per heavy atom. The summed E-state index contributed by atoms with van der Waals surface area (Å²) >= 11 is 12.1. The zero-order valence-corrected chi connectivity index (χ0v) is 12.2. The Hall–Kier alpha value is -1.02. The van der Waals surface area contributed by atoms with Crippen molar-refractivity contribution in [3.63, 3.8) is 0 Å². The predicted molar refractivity (Wildman–Crippen MR) is 81.0 cm³/mol. The number of aliphatic hydroxyl groups excluding tert-OH is 1. The number of hydrogen-bond acceptors (Lipinski definition) is 1. The maximum atomic E-state index is 10.4. The maximum absolute atomic E-state index is 10.4. The predicted octanol–water partition coefficient (Wildman–Crippen LogP) is 5.03. The fourth-order valence-electron chi connectivity index (χ4n) is 2.07. The van der Waals surface area contributed by atoms with Gasteiger partial charge in [-0.25, -0.2) is 0 Å². The highest BCUT2D eigenvalue weighted by Gasteiger charge is 2.15. The van der Waals surface area contributed by atoms with Gasteiger partial charge >= 0.3 is 0 Å². The van der Waals surface area contributed by atoms with Crippen LogP contribution >= 0.6 is 23.2 Å². The van der Waals surface area contributed by atoms with Crippen molar-refractivity contribution in [1.82, 2.24) is 0 Å². The van der Waals surface area contributed by atoms with Crippen LogP contribution in [0.25, 0.3) is 0 Å². The van der Waals surface area contributed by atoms with E-state index in [1.165, 1.54) is 5.56 Å². The van der Waals surface area contributed by atoms with Gasteiger partial charge in [-0.2, -0.15) is 0 Å². The SMILES string of the molecule is CCCc1ccc(C(O)c2cccc(Cl)c2Cl)cc1. The van der Waals surface area contributed by atoms with Gasteiger partial charge in [0.25, 0.3) is 0 Å². The average Bonchev–Trinajstić information content (AvgIpc) is 2.42. The molecule has 0 radical (unpaired) electrons. The summed E-state index contributed by atoms with van der Waals surface area (Å²) in [5.41, 5.74) is 2.73. The first-order valence-corrected chi connectivity index (χ1v) is 7.10. The second kappa shape index (κ2) is 6.42. The summed E-state index contributed by atoms with van der Waals surface area (Å²) in [5, 5.41) is 11.2. The topological polar surface area (TPSA) is 20.2 Å². The Labute approximate surface area is 123 Å². The van der Waals surface area contributed by atoms with Crippen molar-refractivity contribution in [2.45, 2.75) is 25.9 Å². The minimum Gasteiger partial charge on any atom is -0.384 e. The van der Waals surface area contributed by atoms with Crippen molar-refractivity contribution in [1.29, 1.82) is 0 Å². The van der Waals surface area contributed by atoms with Crippen molar-refractivity contribution in [2.75, 3.05) is 0 Å². The molecule has 2 aromatic rings. The number of hydrogen-bond donors (Lipinski definition) is 1. The van der Waals surface area contributed by atoms with Crippen LogP contribution in [0.5, 0.6) is 0 Å². The number of rotatable bonds is 4. The molecule has 2 aromatic carbocycles. The summed E-state index contributed by atoms with van der Waals surface area (Å²) in [6, 6.07) is 13.3. The molecular weight excluding hydrogens is 279 g/mol. The van der Waals surface area contributed by atoms with Crippen molar-refractivity contribution >= 4 is 23.2 Å². The fraction of sp³-hybridized carbons (Fsp3) is 0.250. The highest BCUT2D eigenvalue weighted by molar-refractivity contribution is 6.42. The first-order valence-electron chi connectivity index (χ1n) is 6.34.